The second-order valence-electron chi connectivity index (χ2n) is 6.42. The molecule has 140 valence electrons. The maximum absolute atomic E-state index is 13.6. The topological polar surface area (TPSA) is 54.5 Å². The first-order valence-electron chi connectivity index (χ1n) is 8.95. The number of aromatic nitrogens is 1. The quantitative estimate of drug-likeness (QED) is 0.725. The Balaban J connectivity index is 1.41. The summed E-state index contributed by atoms with van der Waals surface area (Å²) in [5.74, 6) is -0.400. The van der Waals surface area contributed by atoms with Crippen LogP contribution in [0.3, 0.4) is 0 Å². The van der Waals surface area contributed by atoms with Crippen molar-refractivity contribution in [2.75, 3.05) is 36.5 Å². The van der Waals surface area contributed by atoms with Crippen molar-refractivity contribution in [1.82, 2.24) is 4.98 Å². The Kier molecular flexibility index (Phi) is 5.31. The number of amides is 1. The third kappa shape index (κ3) is 4.26. The summed E-state index contributed by atoms with van der Waals surface area (Å²) in [7, 11) is 0. The first-order valence-corrected chi connectivity index (χ1v) is 9.77. The minimum Gasteiger partial charge on any atom is -0.378 e. The average Bonchev–Trinajstić information content (AvgIpc) is 3.11. The fourth-order valence-electron chi connectivity index (χ4n) is 3.05. The number of carbonyl (C=O) groups excluding carboxylic acids is 1. The van der Waals surface area contributed by atoms with Crippen LogP contribution in [0.2, 0.25) is 0 Å². The Morgan fingerprint density at radius 3 is 2.85 bits per heavy atom. The number of benzene rings is 2. The lowest BCUT2D eigenvalue weighted by Crippen LogP contribution is -2.36. The first-order chi connectivity index (χ1) is 13.2. The molecule has 0 atom stereocenters. The largest absolute Gasteiger partial charge is 0.378 e. The molecule has 1 fully saturated rings. The summed E-state index contributed by atoms with van der Waals surface area (Å²) in [6, 6.07) is 12.3. The fourth-order valence-corrected chi connectivity index (χ4v) is 4.11. The average molecular weight is 385 g/mol. The summed E-state index contributed by atoms with van der Waals surface area (Å²) in [5.41, 5.74) is 2.21. The number of carbonyl (C=O) groups is 1. The molecule has 0 aliphatic carbocycles. The number of anilines is 2. The first kappa shape index (κ1) is 17.9. The predicted molar refractivity (Wildman–Crippen MR) is 106 cm³/mol. The maximum Gasteiger partial charge on any atom is 0.224 e. The standard InChI is InChI=1S/C20H20FN3O2S/c21-16-4-2-1-3-14(16)5-8-19(25)22-15-6-7-17-18(13-15)27-20(23-17)24-9-11-26-12-10-24/h1-4,6-7,13H,5,8-12H2,(H,22,25). The number of morpholine rings is 1. The van der Waals surface area contributed by atoms with Crippen LogP contribution < -0.4 is 10.2 Å². The van der Waals surface area contributed by atoms with Gasteiger partial charge >= 0.3 is 0 Å². The number of nitrogens with one attached hydrogen (secondary N) is 1. The molecule has 27 heavy (non-hydrogen) atoms. The number of nitrogens with zero attached hydrogens (tertiary/aromatic N) is 2. The van der Waals surface area contributed by atoms with Crippen molar-refractivity contribution in [2.24, 2.45) is 0 Å². The Hall–Kier alpha value is -2.51. The second kappa shape index (κ2) is 8.02. The Morgan fingerprint density at radius 1 is 1.22 bits per heavy atom. The van der Waals surface area contributed by atoms with E-state index in [2.05, 4.69) is 15.2 Å². The molecule has 1 amide bonds. The summed E-state index contributed by atoms with van der Waals surface area (Å²) in [6.45, 7) is 3.14. The van der Waals surface area contributed by atoms with Crippen molar-refractivity contribution >= 4 is 38.3 Å². The monoisotopic (exact) mass is 385 g/mol. The van der Waals surface area contributed by atoms with Crippen LogP contribution in [0.5, 0.6) is 0 Å². The molecule has 2 aromatic carbocycles. The van der Waals surface area contributed by atoms with Gasteiger partial charge in [-0.2, -0.15) is 0 Å². The lowest BCUT2D eigenvalue weighted by Gasteiger charge is -2.25. The molecule has 0 saturated carbocycles. The molecule has 0 bridgehead atoms. The van der Waals surface area contributed by atoms with Crippen LogP contribution >= 0.6 is 11.3 Å². The van der Waals surface area contributed by atoms with Gasteiger partial charge in [0.2, 0.25) is 5.91 Å². The van der Waals surface area contributed by atoms with Gasteiger partial charge in [-0.05, 0) is 36.2 Å². The number of halogens is 1. The summed E-state index contributed by atoms with van der Waals surface area (Å²) in [4.78, 5) is 19.1. The second-order valence-corrected chi connectivity index (χ2v) is 7.43. The zero-order chi connectivity index (χ0) is 18.6. The van der Waals surface area contributed by atoms with Gasteiger partial charge in [-0.15, -0.1) is 0 Å². The van der Waals surface area contributed by atoms with Crippen molar-refractivity contribution in [3.63, 3.8) is 0 Å². The molecular formula is C20H20FN3O2S. The van der Waals surface area contributed by atoms with Crippen LogP contribution in [0.4, 0.5) is 15.2 Å². The van der Waals surface area contributed by atoms with Gasteiger partial charge < -0.3 is 15.0 Å². The van der Waals surface area contributed by atoms with E-state index in [0.29, 0.717) is 12.0 Å². The highest BCUT2D eigenvalue weighted by Gasteiger charge is 2.16. The molecule has 0 radical (unpaired) electrons. The minimum absolute atomic E-state index is 0.129. The smallest absolute Gasteiger partial charge is 0.224 e. The van der Waals surface area contributed by atoms with Gasteiger partial charge in [0, 0.05) is 25.2 Å². The van der Waals surface area contributed by atoms with E-state index in [9.17, 15) is 9.18 Å². The van der Waals surface area contributed by atoms with E-state index < -0.39 is 0 Å². The van der Waals surface area contributed by atoms with E-state index in [-0.39, 0.29) is 18.1 Å². The molecule has 1 aliphatic heterocycles. The lowest BCUT2D eigenvalue weighted by molar-refractivity contribution is -0.116. The van der Waals surface area contributed by atoms with Crippen molar-refractivity contribution in [3.05, 3.63) is 53.8 Å². The normalized spacial score (nSPS) is 14.5. The van der Waals surface area contributed by atoms with Crippen LogP contribution in [0.25, 0.3) is 10.2 Å². The maximum atomic E-state index is 13.6. The lowest BCUT2D eigenvalue weighted by atomic mass is 10.1. The SMILES string of the molecule is O=C(CCc1ccccc1F)Nc1ccc2nc(N3CCOCC3)sc2c1. The van der Waals surface area contributed by atoms with E-state index in [0.717, 1.165) is 47.3 Å². The van der Waals surface area contributed by atoms with E-state index in [1.807, 2.05) is 18.2 Å². The molecule has 5 nitrogen and oxygen atoms in total. The Morgan fingerprint density at radius 2 is 2.04 bits per heavy atom. The van der Waals surface area contributed by atoms with Crippen LogP contribution in [-0.4, -0.2) is 37.2 Å². The number of hydrogen-bond acceptors (Lipinski definition) is 5. The molecule has 0 spiro atoms. The highest BCUT2D eigenvalue weighted by molar-refractivity contribution is 7.22. The third-order valence-corrected chi connectivity index (χ3v) is 5.60. The Bertz CT molecular complexity index is 953. The summed E-state index contributed by atoms with van der Waals surface area (Å²) < 4.78 is 20.1. The van der Waals surface area contributed by atoms with Crippen molar-refractivity contribution in [1.29, 1.82) is 0 Å². The zero-order valence-corrected chi connectivity index (χ0v) is 15.6. The van der Waals surface area contributed by atoms with Crippen LogP contribution in [0.1, 0.15) is 12.0 Å². The van der Waals surface area contributed by atoms with E-state index in [1.54, 1.807) is 29.5 Å². The number of hydrogen-bond donors (Lipinski definition) is 1. The highest BCUT2D eigenvalue weighted by atomic mass is 32.1. The minimum atomic E-state index is -0.271. The molecule has 2 heterocycles. The van der Waals surface area contributed by atoms with Gasteiger partial charge in [0.25, 0.3) is 0 Å². The van der Waals surface area contributed by atoms with Gasteiger partial charge in [0.1, 0.15) is 5.82 Å². The molecule has 1 N–H and O–H groups in total. The number of ether oxygens (including phenoxy) is 1. The van der Waals surface area contributed by atoms with E-state index in [1.165, 1.54) is 6.07 Å². The number of rotatable bonds is 5. The molecule has 4 rings (SSSR count). The molecule has 1 aliphatic rings. The summed E-state index contributed by atoms with van der Waals surface area (Å²) in [6.07, 6.45) is 0.614. The third-order valence-electron chi connectivity index (χ3n) is 4.52. The van der Waals surface area contributed by atoms with Crippen LogP contribution in [0, 0.1) is 5.82 Å². The van der Waals surface area contributed by atoms with E-state index >= 15 is 0 Å². The summed E-state index contributed by atoms with van der Waals surface area (Å²) >= 11 is 1.62. The highest BCUT2D eigenvalue weighted by Crippen LogP contribution is 2.31. The van der Waals surface area contributed by atoms with Gasteiger partial charge in [0.15, 0.2) is 5.13 Å². The van der Waals surface area contributed by atoms with Crippen molar-refractivity contribution in [3.8, 4) is 0 Å². The van der Waals surface area contributed by atoms with Crippen molar-refractivity contribution < 1.29 is 13.9 Å². The number of thiazole rings is 1. The van der Waals surface area contributed by atoms with Gasteiger partial charge in [-0.3, -0.25) is 4.79 Å². The zero-order valence-electron chi connectivity index (χ0n) is 14.8. The number of aryl methyl sites for hydroxylation is 1. The van der Waals surface area contributed by atoms with E-state index in [4.69, 9.17) is 4.74 Å². The fraction of sp³-hybridized carbons (Fsp3) is 0.300. The molecule has 1 saturated heterocycles. The Labute approximate surface area is 160 Å². The summed E-state index contributed by atoms with van der Waals surface area (Å²) in [5, 5.41) is 3.88. The van der Waals surface area contributed by atoms with Crippen LogP contribution in [0.15, 0.2) is 42.5 Å². The predicted octanol–water partition coefficient (Wildman–Crippen LogP) is 3.84. The number of fused-ring (bicyclic) bond motifs is 1. The molecule has 7 heteroatoms. The van der Waals surface area contributed by atoms with Gasteiger partial charge in [-0.1, -0.05) is 29.5 Å². The molecular weight excluding hydrogens is 365 g/mol. The molecule has 1 aromatic heterocycles. The van der Waals surface area contributed by atoms with Gasteiger partial charge in [0.05, 0.1) is 23.4 Å². The van der Waals surface area contributed by atoms with Crippen molar-refractivity contribution in [2.45, 2.75) is 12.8 Å². The van der Waals surface area contributed by atoms with Gasteiger partial charge in [-0.25, -0.2) is 9.37 Å². The van der Waals surface area contributed by atoms with Crippen LogP contribution in [-0.2, 0) is 16.0 Å². The molecule has 0 unspecified atom stereocenters. The molecule has 3 aromatic rings.